The van der Waals surface area contributed by atoms with E-state index in [1.165, 1.54) is 18.5 Å². The van der Waals surface area contributed by atoms with Crippen LogP contribution in [0.5, 0.6) is 0 Å². The zero-order chi connectivity index (χ0) is 13.2. The van der Waals surface area contributed by atoms with Crippen LogP contribution in [0.3, 0.4) is 0 Å². The van der Waals surface area contributed by atoms with Gasteiger partial charge < -0.3 is 10.6 Å². The van der Waals surface area contributed by atoms with Crippen LogP contribution in [0.25, 0.3) is 0 Å². The van der Waals surface area contributed by atoms with E-state index in [0.29, 0.717) is 12.0 Å². The Bertz CT molecular complexity index is 370. The quantitative estimate of drug-likeness (QED) is 0.874. The summed E-state index contributed by atoms with van der Waals surface area (Å²) in [7, 11) is 0. The zero-order valence-electron chi connectivity index (χ0n) is 11.8. The highest BCUT2D eigenvalue weighted by Gasteiger charge is 2.28. The van der Waals surface area contributed by atoms with Crippen LogP contribution in [0.15, 0.2) is 18.3 Å². The fraction of sp³-hybridized carbons (Fsp3) is 0.667. The summed E-state index contributed by atoms with van der Waals surface area (Å²) in [6.07, 6.45) is 4.52. The van der Waals surface area contributed by atoms with E-state index in [1.54, 1.807) is 0 Å². The van der Waals surface area contributed by atoms with Gasteiger partial charge in [-0.1, -0.05) is 20.8 Å². The van der Waals surface area contributed by atoms with Gasteiger partial charge in [-0.05, 0) is 36.3 Å². The van der Waals surface area contributed by atoms with Crippen molar-refractivity contribution in [2.45, 2.75) is 40.2 Å². The molecule has 0 bridgehead atoms. The van der Waals surface area contributed by atoms with E-state index in [4.69, 9.17) is 5.73 Å². The first kappa shape index (κ1) is 13.3. The Balaban J connectivity index is 1.96. The van der Waals surface area contributed by atoms with Gasteiger partial charge in [0.15, 0.2) is 0 Å². The summed E-state index contributed by atoms with van der Waals surface area (Å²) in [4.78, 5) is 6.81. The number of pyridine rings is 1. The highest BCUT2D eigenvalue weighted by molar-refractivity contribution is 5.44. The van der Waals surface area contributed by atoms with Crippen LogP contribution in [0.4, 0.5) is 5.69 Å². The highest BCUT2D eigenvalue weighted by Crippen LogP contribution is 2.35. The van der Waals surface area contributed by atoms with Gasteiger partial charge in [-0.2, -0.15) is 0 Å². The Kier molecular flexibility index (Phi) is 3.91. The van der Waals surface area contributed by atoms with E-state index < -0.39 is 0 Å². The smallest absolute Gasteiger partial charge is 0.0552 e. The molecule has 1 aliphatic rings. The Morgan fingerprint density at radius 3 is 2.39 bits per heavy atom. The zero-order valence-corrected chi connectivity index (χ0v) is 11.8. The molecule has 2 heterocycles. The normalized spacial score (nSPS) is 18.1. The summed E-state index contributed by atoms with van der Waals surface area (Å²) >= 11 is 0. The molecule has 18 heavy (non-hydrogen) atoms. The molecule has 1 aromatic heterocycles. The lowest BCUT2D eigenvalue weighted by atomic mass is 9.75. The van der Waals surface area contributed by atoms with E-state index in [1.807, 2.05) is 12.3 Å². The molecule has 1 saturated heterocycles. The molecular formula is C15H25N3. The molecule has 0 unspecified atom stereocenters. The molecule has 1 aliphatic heterocycles. The average molecular weight is 247 g/mol. The molecule has 2 N–H and O–H groups in total. The van der Waals surface area contributed by atoms with Crippen molar-refractivity contribution in [3.05, 3.63) is 24.0 Å². The van der Waals surface area contributed by atoms with Crippen molar-refractivity contribution < 1.29 is 0 Å². The van der Waals surface area contributed by atoms with Gasteiger partial charge in [0.25, 0.3) is 0 Å². The molecule has 0 spiro atoms. The first-order valence-electron chi connectivity index (χ1n) is 6.90. The number of piperidine rings is 1. The summed E-state index contributed by atoms with van der Waals surface area (Å²) in [6.45, 7) is 9.87. The molecule has 0 aliphatic carbocycles. The van der Waals surface area contributed by atoms with Gasteiger partial charge >= 0.3 is 0 Å². The third-order valence-electron chi connectivity index (χ3n) is 4.10. The minimum Gasteiger partial charge on any atom is -0.370 e. The largest absolute Gasteiger partial charge is 0.370 e. The molecule has 1 fully saturated rings. The van der Waals surface area contributed by atoms with Gasteiger partial charge in [0.05, 0.1) is 17.6 Å². The predicted molar refractivity (Wildman–Crippen MR) is 76.5 cm³/mol. The SMILES string of the molecule is CC(C)(C)C1CCN(c2ccc(CN)nc2)CC1. The third kappa shape index (κ3) is 3.02. The van der Waals surface area contributed by atoms with Crippen LogP contribution >= 0.6 is 0 Å². The molecular weight excluding hydrogens is 222 g/mol. The fourth-order valence-corrected chi connectivity index (χ4v) is 2.73. The standard InChI is InChI=1S/C15H25N3/c1-15(2,3)12-6-8-18(9-7-12)14-5-4-13(10-16)17-11-14/h4-5,11-12H,6-10,16H2,1-3H3. The molecule has 0 aromatic carbocycles. The van der Waals surface area contributed by atoms with Crippen molar-refractivity contribution in [2.75, 3.05) is 18.0 Å². The van der Waals surface area contributed by atoms with E-state index in [-0.39, 0.29) is 0 Å². The van der Waals surface area contributed by atoms with Gasteiger partial charge in [-0.15, -0.1) is 0 Å². The second-order valence-corrected chi connectivity index (χ2v) is 6.34. The predicted octanol–water partition coefficient (Wildman–Crippen LogP) is 2.80. The summed E-state index contributed by atoms with van der Waals surface area (Å²) in [5.74, 6) is 0.838. The second-order valence-electron chi connectivity index (χ2n) is 6.34. The summed E-state index contributed by atoms with van der Waals surface area (Å²) < 4.78 is 0. The monoisotopic (exact) mass is 247 g/mol. The molecule has 3 nitrogen and oxygen atoms in total. The second kappa shape index (κ2) is 5.27. The van der Waals surface area contributed by atoms with Crippen molar-refractivity contribution in [1.82, 2.24) is 4.98 Å². The van der Waals surface area contributed by atoms with Gasteiger partial charge in [0, 0.05) is 19.6 Å². The molecule has 0 saturated carbocycles. The number of nitrogens with zero attached hydrogens (tertiary/aromatic N) is 2. The lowest BCUT2D eigenvalue weighted by Crippen LogP contribution is -2.38. The molecule has 2 rings (SSSR count). The molecule has 0 radical (unpaired) electrons. The number of rotatable bonds is 2. The molecule has 0 atom stereocenters. The van der Waals surface area contributed by atoms with E-state index >= 15 is 0 Å². The minimum atomic E-state index is 0.438. The summed E-state index contributed by atoms with van der Waals surface area (Å²) in [5, 5.41) is 0. The number of hydrogen-bond donors (Lipinski definition) is 1. The maximum Gasteiger partial charge on any atom is 0.0552 e. The van der Waals surface area contributed by atoms with Crippen LogP contribution in [-0.2, 0) is 6.54 Å². The van der Waals surface area contributed by atoms with Crippen molar-refractivity contribution >= 4 is 5.69 Å². The maximum atomic E-state index is 5.57. The van der Waals surface area contributed by atoms with Gasteiger partial charge in [-0.3, -0.25) is 4.98 Å². The topological polar surface area (TPSA) is 42.1 Å². The van der Waals surface area contributed by atoms with Crippen molar-refractivity contribution in [1.29, 1.82) is 0 Å². The van der Waals surface area contributed by atoms with Crippen LogP contribution in [0, 0.1) is 11.3 Å². The number of nitrogens with two attached hydrogens (primary N) is 1. The average Bonchev–Trinajstić information content (AvgIpc) is 2.38. The molecule has 3 heteroatoms. The summed E-state index contributed by atoms with van der Waals surface area (Å²) in [5.41, 5.74) is 8.20. The van der Waals surface area contributed by atoms with Crippen molar-refractivity contribution in [3.63, 3.8) is 0 Å². The maximum absolute atomic E-state index is 5.57. The molecule has 1 aromatic rings. The Labute approximate surface area is 110 Å². The molecule has 0 amide bonds. The van der Waals surface area contributed by atoms with E-state index in [2.05, 4.69) is 36.7 Å². The van der Waals surface area contributed by atoms with Crippen LogP contribution < -0.4 is 10.6 Å². The fourth-order valence-electron chi connectivity index (χ4n) is 2.73. The lowest BCUT2D eigenvalue weighted by molar-refractivity contribution is 0.199. The molecule has 100 valence electrons. The van der Waals surface area contributed by atoms with Crippen molar-refractivity contribution in [2.24, 2.45) is 17.1 Å². The summed E-state index contributed by atoms with van der Waals surface area (Å²) in [6, 6.07) is 4.18. The number of hydrogen-bond acceptors (Lipinski definition) is 3. The Hall–Kier alpha value is -1.09. The Morgan fingerprint density at radius 2 is 1.94 bits per heavy atom. The highest BCUT2D eigenvalue weighted by atomic mass is 15.1. The Morgan fingerprint density at radius 1 is 1.28 bits per heavy atom. The van der Waals surface area contributed by atoms with Crippen molar-refractivity contribution in [3.8, 4) is 0 Å². The van der Waals surface area contributed by atoms with E-state index in [9.17, 15) is 0 Å². The first-order valence-corrected chi connectivity index (χ1v) is 6.90. The van der Waals surface area contributed by atoms with Crippen LogP contribution in [-0.4, -0.2) is 18.1 Å². The number of anilines is 1. The van der Waals surface area contributed by atoms with Gasteiger partial charge in [-0.25, -0.2) is 0 Å². The van der Waals surface area contributed by atoms with Crippen LogP contribution in [0.2, 0.25) is 0 Å². The van der Waals surface area contributed by atoms with Gasteiger partial charge in [0.2, 0.25) is 0 Å². The van der Waals surface area contributed by atoms with E-state index in [0.717, 1.165) is 24.7 Å². The number of aromatic nitrogens is 1. The van der Waals surface area contributed by atoms with Gasteiger partial charge in [0.1, 0.15) is 0 Å². The van der Waals surface area contributed by atoms with Crippen LogP contribution in [0.1, 0.15) is 39.3 Å². The third-order valence-corrected chi connectivity index (χ3v) is 4.10. The lowest BCUT2D eigenvalue weighted by Gasteiger charge is -2.39. The first-order chi connectivity index (χ1) is 8.50. The minimum absolute atomic E-state index is 0.438.